The van der Waals surface area contributed by atoms with Gasteiger partial charge in [-0.3, -0.25) is 10.1 Å². The van der Waals surface area contributed by atoms with E-state index in [0.29, 0.717) is 17.3 Å². The molecule has 0 aromatic heterocycles. The quantitative estimate of drug-likeness (QED) is 0.635. The van der Waals surface area contributed by atoms with Crippen LogP contribution in [0.4, 0.5) is 11.4 Å². The van der Waals surface area contributed by atoms with Crippen molar-refractivity contribution in [2.24, 2.45) is 0 Å². The molecule has 22 heavy (non-hydrogen) atoms. The first kappa shape index (κ1) is 16.3. The Morgan fingerprint density at radius 2 is 1.91 bits per heavy atom. The zero-order valence-corrected chi connectivity index (χ0v) is 13.3. The van der Waals surface area contributed by atoms with Crippen LogP contribution in [0, 0.1) is 10.1 Å². The minimum Gasteiger partial charge on any atom is -0.378 e. The molecule has 0 amide bonds. The summed E-state index contributed by atoms with van der Waals surface area (Å²) in [4.78, 5) is 11.6. The molecule has 2 rings (SSSR count). The van der Waals surface area contributed by atoms with Crippen molar-refractivity contribution in [1.29, 1.82) is 0 Å². The fraction of sp³-hybridized carbons (Fsp3) is 0.250. The van der Waals surface area contributed by atoms with Gasteiger partial charge in [0.25, 0.3) is 5.69 Å². The number of hydrogen-bond donors (Lipinski definition) is 2. The van der Waals surface area contributed by atoms with Crippen LogP contribution >= 0.6 is 11.6 Å². The topological polar surface area (TPSA) is 59.6 Å². The number of benzene rings is 2. The summed E-state index contributed by atoms with van der Waals surface area (Å²) >= 11 is 6.11. The lowest BCUT2D eigenvalue weighted by Gasteiger charge is -2.23. The van der Waals surface area contributed by atoms with E-state index in [4.69, 9.17) is 11.6 Å². The lowest BCUT2D eigenvalue weighted by atomic mass is 10.1. The first-order valence-electron chi connectivity index (χ1n) is 7.02. The van der Waals surface area contributed by atoms with Crippen molar-refractivity contribution in [2.75, 3.05) is 26.0 Å². The van der Waals surface area contributed by atoms with E-state index in [1.807, 2.05) is 18.2 Å². The number of nitro groups is 1. The van der Waals surface area contributed by atoms with Crippen molar-refractivity contribution in [3.63, 3.8) is 0 Å². The molecule has 0 saturated carbocycles. The van der Waals surface area contributed by atoms with E-state index in [1.54, 1.807) is 6.07 Å². The summed E-state index contributed by atoms with van der Waals surface area (Å²) in [6, 6.07) is 14.9. The van der Waals surface area contributed by atoms with Crippen LogP contribution in [-0.2, 0) is 0 Å². The van der Waals surface area contributed by atoms with E-state index >= 15 is 0 Å². The van der Waals surface area contributed by atoms with Gasteiger partial charge in [-0.05, 0) is 6.07 Å². The second kappa shape index (κ2) is 7.24. The normalized spacial score (nSPS) is 12.2. The number of halogens is 1. The van der Waals surface area contributed by atoms with Crippen molar-refractivity contribution in [3.05, 3.63) is 69.2 Å². The Morgan fingerprint density at radius 1 is 1.23 bits per heavy atom. The number of nitrogens with one attached hydrogen (secondary N) is 2. The predicted molar refractivity (Wildman–Crippen MR) is 88.6 cm³/mol. The minimum atomic E-state index is -0.452. The summed E-state index contributed by atoms with van der Waals surface area (Å²) in [5.41, 5.74) is 1.93. The maximum Gasteiger partial charge on any atom is 0.271 e. The zero-order valence-electron chi connectivity index (χ0n) is 12.5. The van der Waals surface area contributed by atoms with Gasteiger partial charge in [0.05, 0.1) is 36.3 Å². The molecule has 0 saturated heterocycles. The number of anilines is 1. The first-order valence-corrected chi connectivity index (χ1v) is 7.39. The van der Waals surface area contributed by atoms with Crippen LogP contribution in [-0.4, -0.2) is 25.6 Å². The van der Waals surface area contributed by atoms with Crippen LogP contribution in [0.3, 0.4) is 0 Å². The number of nitrogens with zero attached hydrogens (tertiary/aromatic N) is 1. The number of non-ortho nitro benzene ring substituents is 1. The summed E-state index contributed by atoms with van der Waals surface area (Å²) < 4.78 is 0. The predicted octanol–water partition coefficient (Wildman–Crippen LogP) is 2.55. The summed E-state index contributed by atoms with van der Waals surface area (Å²) in [5.74, 6) is 0. The lowest BCUT2D eigenvalue weighted by Crippen LogP contribution is -3.06. The molecule has 1 atom stereocenters. The summed E-state index contributed by atoms with van der Waals surface area (Å²) in [7, 11) is 4.19. The van der Waals surface area contributed by atoms with Crippen molar-refractivity contribution >= 4 is 23.0 Å². The van der Waals surface area contributed by atoms with Gasteiger partial charge in [-0.25, -0.2) is 0 Å². The summed E-state index contributed by atoms with van der Waals surface area (Å²) in [5, 5.41) is 14.4. The van der Waals surface area contributed by atoms with Gasteiger partial charge in [-0.2, -0.15) is 0 Å². The first-order chi connectivity index (χ1) is 10.5. The third kappa shape index (κ3) is 3.96. The highest BCUT2D eigenvalue weighted by Crippen LogP contribution is 2.27. The Labute approximate surface area is 134 Å². The zero-order chi connectivity index (χ0) is 16.1. The molecule has 0 bridgehead atoms. The van der Waals surface area contributed by atoms with Crippen LogP contribution in [0.2, 0.25) is 5.02 Å². The monoisotopic (exact) mass is 320 g/mol. The molecule has 2 N–H and O–H groups in total. The van der Waals surface area contributed by atoms with Crippen molar-refractivity contribution < 1.29 is 9.82 Å². The Hall–Kier alpha value is -2.11. The molecule has 0 aliphatic carbocycles. The van der Waals surface area contributed by atoms with Crippen LogP contribution in [0.15, 0.2) is 48.5 Å². The Balaban J connectivity index is 2.12. The fourth-order valence-electron chi connectivity index (χ4n) is 2.31. The molecule has 0 radical (unpaired) electrons. The molecule has 0 aliphatic rings. The summed E-state index contributed by atoms with van der Waals surface area (Å²) in [6.07, 6.45) is 0. The standard InChI is InChI=1S/C16H18ClN3O2/c1-19(2)16(12-6-4-3-5-7-12)11-18-15-9-8-13(20(21)22)10-14(15)17/h3-10,16,18H,11H2,1-2H3/p+1/t16-/m1/s1. The van der Waals surface area contributed by atoms with Crippen molar-refractivity contribution in [2.45, 2.75) is 6.04 Å². The molecular weight excluding hydrogens is 302 g/mol. The second-order valence-corrected chi connectivity index (χ2v) is 5.75. The van der Waals surface area contributed by atoms with Gasteiger partial charge in [-0.15, -0.1) is 0 Å². The second-order valence-electron chi connectivity index (χ2n) is 5.34. The highest BCUT2D eigenvalue weighted by molar-refractivity contribution is 6.33. The van der Waals surface area contributed by atoms with Gasteiger partial charge < -0.3 is 10.2 Å². The van der Waals surface area contributed by atoms with Gasteiger partial charge in [0.1, 0.15) is 6.04 Å². The van der Waals surface area contributed by atoms with Gasteiger partial charge >= 0.3 is 0 Å². The number of nitro benzene ring substituents is 1. The average molecular weight is 321 g/mol. The Bertz CT molecular complexity index is 647. The highest BCUT2D eigenvalue weighted by atomic mass is 35.5. The lowest BCUT2D eigenvalue weighted by molar-refractivity contribution is -0.890. The molecule has 116 valence electrons. The highest BCUT2D eigenvalue weighted by Gasteiger charge is 2.18. The maximum atomic E-state index is 10.7. The van der Waals surface area contributed by atoms with Gasteiger partial charge in [-0.1, -0.05) is 41.9 Å². The number of quaternary nitrogens is 1. The van der Waals surface area contributed by atoms with E-state index in [1.165, 1.54) is 22.6 Å². The average Bonchev–Trinajstić information content (AvgIpc) is 2.49. The molecule has 0 fully saturated rings. The molecular formula is C16H19ClN3O2+. The molecule has 0 heterocycles. The molecule has 5 nitrogen and oxygen atoms in total. The van der Waals surface area contributed by atoms with Gasteiger partial charge in [0, 0.05) is 17.7 Å². The van der Waals surface area contributed by atoms with E-state index in [0.717, 1.165) is 0 Å². The van der Waals surface area contributed by atoms with Crippen LogP contribution < -0.4 is 10.2 Å². The van der Waals surface area contributed by atoms with E-state index in [-0.39, 0.29) is 11.7 Å². The van der Waals surface area contributed by atoms with Crippen LogP contribution in [0.25, 0.3) is 0 Å². The number of hydrogen-bond acceptors (Lipinski definition) is 3. The Morgan fingerprint density at radius 3 is 2.45 bits per heavy atom. The van der Waals surface area contributed by atoms with Crippen molar-refractivity contribution in [3.8, 4) is 0 Å². The molecule has 2 aromatic carbocycles. The molecule has 6 heteroatoms. The summed E-state index contributed by atoms with van der Waals surface area (Å²) in [6.45, 7) is 0.684. The third-order valence-corrected chi connectivity index (χ3v) is 3.87. The number of rotatable bonds is 6. The molecule has 0 unspecified atom stereocenters. The van der Waals surface area contributed by atoms with Gasteiger partial charge in [0.2, 0.25) is 0 Å². The Kier molecular flexibility index (Phi) is 5.35. The fourth-order valence-corrected chi connectivity index (χ4v) is 2.56. The molecule has 0 aliphatic heterocycles. The smallest absolute Gasteiger partial charge is 0.271 e. The van der Waals surface area contributed by atoms with Gasteiger partial charge in [0.15, 0.2) is 0 Å². The largest absolute Gasteiger partial charge is 0.378 e. The maximum absolute atomic E-state index is 10.7. The molecule has 2 aromatic rings. The van der Waals surface area contributed by atoms with E-state index in [9.17, 15) is 10.1 Å². The number of likely N-dealkylation sites (N-methyl/N-ethyl adjacent to an activating group) is 1. The van der Waals surface area contributed by atoms with E-state index in [2.05, 4.69) is 31.5 Å². The van der Waals surface area contributed by atoms with Crippen LogP contribution in [0.5, 0.6) is 0 Å². The minimum absolute atomic E-state index is 0.00612. The molecule has 0 spiro atoms. The third-order valence-electron chi connectivity index (χ3n) is 3.56. The van der Waals surface area contributed by atoms with Crippen molar-refractivity contribution in [1.82, 2.24) is 0 Å². The SMILES string of the molecule is C[NH+](C)[C@H](CNc1ccc([N+](=O)[O-])cc1Cl)c1ccccc1. The van der Waals surface area contributed by atoms with E-state index < -0.39 is 4.92 Å². The van der Waals surface area contributed by atoms with Crippen LogP contribution in [0.1, 0.15) is 11.6 Å².